The Labute approximate surface area is 160 Å². The second kappa shape index (κ2) is 8.69. The van der Waals surface area contributed by atoms with Crippen LogP contribution in [-0.2, 0) is 30.3 Å². The lowest BCUT2D eigenvalue weighted by Gasteiger charge is -2.53. The van der Waals surface area contributed by atoms with Crippen molar-refractivity contribution in [2.45, 2.75) is 64.3 Å². The van der Waals surface area contributed by atoms with E-state index in [2.05, 4.69) is 0 Å². The number of aliphatic hydroxyl groups is 1. The minimum atomic E-state index is -0.975. The average Bonchev–Trinajstić information content (AvgIpc) is 2.64. The zero-order valence-electron chi connectivity index (χ0n) is 16.3. The summed E-state index contributed by atoms with van der Waals surface area (Å²) in [6, 6.07) is 9.94. The van der Waals surface area contributed by atoms with E-state index in [1.807, 2.05) is 44.2 Å². The van der Waals surface area contributed by atoms with E-state index in [1.54, 1.807) is 0 Å². The molecule has 2 saturated heterocycles. The molecule has 1 aromatic rings. The van der Waals surface area contributed by atoms with Gasteiger partial charge in [0.15, 0.2) is 5.79 Å². The van der Waals surface area contributed by atoms with Crippen molar-refractivity contribution in [3.05, 3.63) is 35.9 Å². The van der Waals surface area contributed by atoms with Gasteiger partial charge in [0.25, 0.3) is 0 Å². The van der Waals surface area contributed by atoms with Crippen LogP contribution in [0.5, 0.6) is 0 Å². The fourth-order valence-electron chi connectivity index (χ4n) is 4.18. The van der Waals surface area contributed by atoms with Crippen LogP contribution in [0.4, 0.5) is 0 Å². The molecule has 6 nitrogen and oxygen atoms in total. The number of rotatable bonds is 5. The molecule has 1 spiro atoms. The lowest BCUT2D eigenvalue weighted by atomic mass is 9.76. The van der Waals surface area contributed by atoms with E-state index < -0.39 is 11.9 Å². The van der Waals surface area contributed by atoms with Crippen molar-refractivity contribution in [2.75, 3.05) is 13.2 Å². The SMILES string of the molecule is CC(=O)O[C@@H]1CCO[C@@]2(O[C@@H](COCc3ccccc3)C[C@@H](O)[C@@H]2C)[C@@H]1C. The highest BCUT2D eigenvalue weighted by atomic mass is 16.7. The van der Waals surface area contributed by atoms with Gasteiger partial charge in [0.2, 0.25) is 0 Å². The van der Waals surface area contributed by atoms with Crippen molar-refractivity contribution in [1.29, 1.82) is 0 Å². The molecule has 0 unspecified atom stereocenters. The molecule has 0 radical (unpaired) electrons. The first kappa shape index (κ1) is 20.3. The quantitative estimate of drug-likeness (QED) is 0.794. The van der Waals surface area contributed by atoms with Gasteiger partial charge in [0.1, 0.15) is 6.10 Å². The molecule has 3 rings (SSSR count). The van der Waals surface area contributed by atoms with Gasteiger partial charge >= 0.3 is 5.97 Å². The molecular weight excluding hydrogens is 348 g/mol. The maximum atomic E-state index is 11.4. The van der Waals surface area contributed by atoms with Crippen LogP contribution in [-0.4, -0.2) is 48.4 Å². The molecule has 2 aliphatic heterocycles. The number of carbonyl (C=O) groups is 1. The van der Waals surface area contributed by atoms with Crippen molar-refractivity contribution in [3.8, 4) is 0 Å². The summed E-state index contributed by atoms with van der Waals surface area (Å²) in [5, 5.41) is 10.6. The van der Waals surface area contributed by atoms with Gasteiger partial charge in [-0.2, -0.15) is 0 Å². The molecule has 150 valence electrons. The number of aliphatic hydroxyl groups excluding tert-OH is 1. The molecule has 27 heavy (non-hydrogen) atoms. The van der Waals surface area contributed by atoms with Crippen LogP contribution >= 0.6 is 0 Å². The number of hydrogen-bond acceptors (Lipinski definition) is 6. The summed E-state index contributed by atoms with van der Waals surface area (Å²) in [4.78, 5) is 11.4. The maximum Gasteiger partial charge on any atom is 0.302 e. The van der Waals surface area contributed by atoms with E-state index in [9.17, 15) is 9.90 Å². The highest BCUT2D eigenvalue weighted by molar-refractivity contribution is 5.66. The van der Waals surface area contributed by atoms with Crippen LogP contribution in [0.15, 0.2) is 30.3 Å². The fourth-order valence-corrected chi connectivity index (χ4v) is 4.18. The number of esters is 1. The molecule has 6 heteroatoms. The predicted molar refractivity (Wildman–Crippen MR) is 98.8 cm³/mol. The summed E-state index contributed by atoms with van der Waals surface area (Å²) in [6.07, 6.45) is -0.00787. The molecule has 6 atom stereocenters. The first-order chi connectivity index (χ1) is 12.9. The molecule has 0 aromatic heterocycles. The van der Waals surface area contributed by atoms with Crippen LogP contribution in [0, 0.1) is 11.8 Å². The van der Waals surface area contributed by atoms with E-state index in [-0.39, 0.29) is 30.0 Å². The minimum absolute atomic E-state index is 0.184. The van der Waals surface area contributed by atoms with Crippen molar-refractivity contribution in [3.63, 3.8) is 0 Å². The Bertz CT molecular complexity index is 620. The second-order valence-corrected chi connectivity index (χ2v) is 7.63. The van der Waals surface area contributed by atoms with Gasteiger partial charge in [-0.15, -0.1) is 0 Å². The molecule has 0 bridgehead atoms. The molecule has 2 aliphatic rings. The molecule has 0 amide bonds. The summed E-state index contributed by atoms with van der Waals surface area (Å²) in [6.45, 7) is 6.59. The summed E-state index contributed by atoms with van der Waals surface area (Å²) in [5.41, 5.74) is 1.09. The number of hydrogen-bond donors (Lipinski definition) is 1. The smallest absolute Gasteiger partial charge is 0.302 e. The number of carbonyl (C=O) groups excluding carboxylic acids is 1. The second-order valence-electron chi connectivity index (χ2n) is 7.63. The van der Waals surface area contributed by atoms with Crippen molar-refractivity contribution < 1.29 is 28.8 Å². The lowest BCUT2D eigenvalue weighted by Crippen LogP contribution is -2.63. The highest BCUT2D eigenvalue weighted by Crippen LogP contribution is 2.45. The van der Waals surface area contributed by atoms with E-state index in [0.29, 0.717) is 32.7 Å². The lowest BCUT2D eigenvalue weighted by molar-refractivity contribution is -0.371. The third-order valence-corrected chi connectivity index (χ3v) is 5.72. The van der Waals surface area contributed by atoms with Crippen LogP contribution in [0.1, 0.15) is 39.2 Å². The average molecular weight is 378 g/mol. The zero-order valence-corrected chi connectivity index (χ0v) is 16.3. The van der Waals surface area contributed by atoms with E-state index in [1.165, 1.54) is 6.92 Å². The Balaban J connectivity index is 1.66. The van der Waals surface area contributed by atoms with E-state index >= 15 is 0 Å². The number of ether oxygens (including phenoxy) is 4. The Hall–Kier alpha value is -1.47. The molecule has 0 aliphatic carbocycles. The number of benzene rings is 1. The maximum absolute atomic E-state index is 11.4. The van der Waals surface area contributed by atoms with Gasteiger partial charge < -0.3 is 24.1 Å². The van der Waals surface area contributed by atoms with Crippen LogP contribution < -0.4 is 0 Å². The van der Waals surface area contributed by atoms with E-state index in [4.69, 9.17) is 18.9 Å². The largest absolute Gasteiger partial charge is 0.462 e. The molecular formula is C21H30O6. The molecule has 2 heterocycles. The molecule has 1 aromatic carbocycles. The molecule has 2 fully saturated rings. The summed E-state index contributed by atoms with van der Waals surface area (Å²) in [7, 11) is 0. The highest BCUT2D eigenvalue weighted by Gasteiger charge is 2.56. The van der Waals surface area contributed by atoms with Gasteiger partial charge in [-0.3, -0.25) is 4.79 Å². The standard InChI is InChI=1S/C21H30O6/c1-14-19(23)11-18(13-24-12-17-7-5-4-6-8-17)27-21(14)15(2)20(9-10-25-21)26-16(3)22/h4-8,14-15,18-20,23H,9-13H2,1-3H3/t14-,15+,18+,19+,20+,21-/m0/s1. The van der Waals surface area contributed by atoms with Gasteiger partial charge in [0.05, 0.1) is 32.0 Å². The first-order valence-corrected chi connectivity index (χ1v) is 9.71. The third kappa shape index (κ3) is 4.51. The topological polar surface area (TPSA) is 74.2 Å². The third-order valence-electron chi connectivity index (χ3n) is 5.72. The summed E-state index contributed by atoms with van der Waals surface area (Å²) in [5.74, 6) is -1.69. The van der Waals surface area contributed by atoms with Gasteiger partial charge in [-0.25, -0.2) is 0 Å². The van der Waals surface area contributed by atoms with Crippen molar-refractivity contribution >= 4 is 5.97 Å². The van der Waals surface area contributed by atoms with Crippen LogP contribution in [0.3, 0.4) is 0 Å². The van der Waals surface area contributed by atoms with Gasteiger partial charge in [-0.05, 0) is 5.56 Å². The van der Waals surface area contributed by atoms with Crippen molar-refractivity contribution in [1.82, 2.24) is 0 Å². The summed E-state index contributed by atoms with van der Waals surface area (Å²) >= 11 is 0. The van der Waals surface area contributed by atoms with E-state index in [0.717, 1.165) is 5.56 Å². The van der Waals surface area contributed by atoms with Crippen LogP contribution in [0.25, 0.3) is 0 Å². The zero-order chi connectivity index (χ0) is 19.4. The molecule has 1 N–H and O–H groups in total. The van der Waals surface area contributed by atoms with Crippen molar-refractivity contribution in [2.24, 2.45) is 11.8 Å². The molecule has 0 saturated carbocycles. The Kier molecular flexibility index (Phi) is 6.52. The summed E-state index contributed by atoms with van der Waals surface area (Å²) < 4.78 is 23.7. The van der Waals surface area contributed by atoms with Crippen LogP contribution in [0.2, 0.25) is 0 Å². The predicted octanol–water partition coefficient (Wildman–Crippen LogP) is 2.67. The minimum Gasteiger partial charge on any atom is -0.462 e. The Morgan fingerprint density at radius 2 is 2.00 bits per heavy atom. The normalized spacial score (nSPS) is 36.5. The monoisotopic (exact) mass is 378 g/mol. The fraction of sp³-hybridized carbons (Fsp3) is 0.667. The Morgan fingerprint density at radius 1 is 1.26 bits per heavy atom. The Morgan fingerprint density at radius 3 is 2.70 bits per heavy atom. The van der Waals surface area contributed by atoms with Gasteiger partial charge in [-0.1, -0.05) is 44.2 Å². The van der Waals surface area contributed by atoms with Gasteiger partial charge in [0, 0.05) is 31.6 Å². The first-order valence-electron chi connectivity index (χ1n) is 9.71.